The number of hydrogen-bond acceptors (Lipinski definition) is 3. The lowest BCUT2D eigenvalue weighted by Crippen LogP contribution is -2.09. The summed E-state index contributed by atoms with van der Waals surface area (Å²) in [6.07, 6.45) is 4.45. The third-order valence-corrected chi connectivity index (χ3v) is 3.70. The Morgan fingerprint density at radius 3 is 2.61 bits per heavy atom. The van der Waals surface area contributed by atoms with Crippen molar-refractivity contribution in [2.45, 2.75) is 26.3 Å². The minimum Gasteiger partial charge on any atom is -0.363 e. The summed E-state index contributed by atoms with van der Waals surface area (Å²) >= 11 is 2.24. The summed E-state index contributed by atoms with van der Waals surface area (Å²) in [7, 11) is 0. The number of aryl methyl sites for hydroxylation is 1. The van der Waals surface area contributed by atoms with Crippen molar-refractivity contribution in [2.24, 2.45) is 0 Å². The number of halogens is 1. The fourth-order valence-electron chi connectivity index (χ4n) is 1.75. The molecule has 4 heteroatoms. The van der Waals surface area contributed by atoms with Crippen LogP contribution in [0, 0.1) is 3.57 Å². The zero-order chi connectivity index (χ0) is 13.0. The van der Waals surface area contributed by atoms with Gasteiger partial charge in [-0.05, 0) is 47.1 Å². The molecule has 1 aromatic heterocycles. The molecule has 0 aliphatic rings. The fourth-order valence-corrected chi connectivity index (χ4v) is 2.21. The van der Waals surface area contributed by atoms with Gasteiger partial charge in [0.25, 0.3) is 0 Å². The highest BCUT2D eigenvalue weighted by molar-refractivity contribution is 14.1. The highest BCUT2D eigenvalue weighted by Gasteiger charge is 2.08. The van der Waals surface area contributed by atoms with E-state index in [0.717, 1.165) is 15.8 Å². The smallest absolute Gasteiger partial charge is 0.143 e. The lowest BCUT2D eigenvalue weighted by atomic mass is 10.1. The number of rotatable bonds is 4. The van der Waals surface area contributed by atoms with Crippen LogP contribution in [-0.4, -0.2) is 9.97 Å². The molecule has 0 bridgehead atoms. The summed E-state index contributed by atoms with van der Waals surface area (Å²) in [6.45, 7) is 4.30. The normalized spacial score (nSPS) is 12.2. The summed E-state index contributed by atoms with van der Waals surface area (Å²) in [5, 5.41) is 3.41. The summed E-state index contributed by atoms with van der Waals surface area (Å²) in [5.74, 6) is 0.887. The van der Waals surface area contributed by atoms with E-state index in [1.807, 2.05) is 6.20 Å². The third-order valence-electron chi connectivity index (χ3n) is 2.91. The lowest BCUT2D eigenvalue weighted by molar-refractivity contribution is 0.868. The number of benzene rings is 1. The van der Waals surface area contributed by atoms with Crippen LogP contribution in [0.2, 0.25) is 0 Å². The maximum absolute atomic E-state index is 4.25. The molecule has 0 amide bonds. The largest absolute Gasteiger partial charge is 0.363 e. The molecule has 1 N–H and O–H groups in total. The zero-order valence-corrected chi connectivity index (χ0v) is 12.7. The van der Waals surface area contributed by atoms with Crippen LogP contribution in [0.4, 0.5) is 5.82 Å². The first-order chi connectivity index (χ1) is 8.70. The van der Waals surface area contributed by atoms with Crippen LogP contribution >= 0.6 is 22.6 Å². The van der Waals surface area contributed by atoms with Gasteiger partial charge in [0.2, 0.25) is 0 Å². The topological polar surface area (TPSA) is 37.8 Å². The molecule has 0 spiro atoms. The molecule has 0 radical (unpaired) electrons. The Morgan fingerprint density at radius 2 is 2.00 bits per heavy atom. The van der Waals surface area contributed by atoms with Gasteiger partial charge >= 0.3 is 0 Å². The Balaban J connectivity index is 2.11. The van der Waals surface area contributed by atoms with Crippen molar-refractivity contribution in [3.05, 3.63) is 51.5 Å². The van der Waals surface area contributed by atoms with E-state index in [1.54, 1.807) is 6.33 Å². The van der Waals surface area contributed by atoms with E-state index in [0.29, 0.717) is 0 Å². The second-order valence-electron chi connectivity index (χ2n) is 4.18. The van der Waals surface area contributed by atoms with Gasteiger partial charge in [-0.2, -0.15) is 0 Å². The van der Waals surface area contributed by atoms with Gasteiger partial charge in [0.05, 0.1) is 3.57 Å². The lowest BCUT2D eigenvalue weighted by Gasteiger charge is -2.16. The van der Waals surface area contributed by atoms with Gasteiger partial charge in [-0.15, -0.1) is 0 Å². The maximum Gasteiger partial charge on any atom is 0.143 e. The van der Waals surface area contributed by atoms with Crippen molar-refractivity contribution in [1.29, 1.82) is 0 Å². The molecule has 0 aliphatic heterocycles. The third kappa shape index (κ3) is 3.19. The molecule has 1 aromatic carbocycles. The number of anilines is 1. The van der Waals surface area contributed by atoms with E-state index >= 15 is 0 Å². The molecular formula is C14H16IN3. The van der Waals surface area contributed by atoms with Gasteiger partial charge < -0.3 is 5.32 Å². The van der Waals surface area contributed by atoms with Crippen LogP contribution in [0.3, 0.4) is 0 Å². The van der Waals surface area contributed by atoms with E-state index in [9.17, 15) is 0 Å². The maximum atomic E-state index is 4.25. The van der Waals surface area contributed by atoms with E-state index < -0.39 is 0 Å². The Bertz CT molecular complexity index is 511. The Kier molecular flexibility index (Phi) is 4.52. The summed E-state index contributed by atoms with van der Waals surface area (Å²) < 4.78 is 1.03. The minimum absolute atomic E-state index is 0.235. The van der Waals surface area contributed by atoms with E-state index in [2.05, 4.69) is 76.0 Å². The van der Waals surface area contributed by atoms with E-state index in [4.69, 9.17) is 0 Å². The minimum atomic E-state index is 0.235. The Morgan fingerprint density at radius 1 is 1.28 bits per heavy atom. The summed E-state index contributed by atoms with van der Waals surface area (Å²) in [4.78, 5) is 8.24. The standard InChI is InChI=1S/C14H16IN3/c1-3-11-4-6-12(7-5-11)10(2)18-14-13(15)8-16-9-17-14/h4-10H,3H2,1-2H3,(H,16,17,18). The monoisotopic (exact) mass is 353 g/mol. The van der Waals surface area contributed by atoms with Gasteiger partial charge in [0, 0.05) is 12.2 Å². The highest BCUT2D eigenvalue weighted by Crippen LogP contribution is 2.21. The van der Waals surface area contributed by atoms with Crippen LogP contribution in [0.5, 0.6) is 0 Å². The molecule has 0 saturated carbocycles. The quantitative estimate of drug-likeness (QED) is 0.850. The number of nitrogens with zero attached hydrogens (tertiary/aromatic N) is 2. The second kappa shape index (κ2) is 6.13. The molecule has 0 fully saturated rings. The molecule has 1 heterocycles. The summed E-state index contributed by atoms with van der Waals surface area (Å²) in [6, 6.07) is 8.94. The average Bonchev–Trinajstić information content (AvgIpc) is 2.41. The van der Waals surface area contributed by atoms with Gasteiger partial charge in [0.1, 0.15) is 12.1 Å². The number of hydrogen-bond donors (Lipinski definition) is 1. The first-order valence-corrected chi connectivity index (χ1v) is 7.09. The fraction of sp³-hybridized carbons (Fsp3) is 0.286. The Hall–Kier alpha value is -1.17. The predicted molar refractivity (Wildman–Crippen MR) is 82.6 cm³/mol. The second-order valence-corrected chi connectivity index (χ2v) is 5.34. The van der Waals surface area contributed by atoms with Gasteiger partial charge in [-0.1, -0.05) is 31.2 Å². The van der Waals surface area contributed by atoms with Crippen molar-refractivity contribution >= 4 is 28.4 Å². The molecular weight excluding hydrogens is 337 g/mol. The van der Waals surface area contributed by atoms with Crippen molar-refractivity contribution < 1.29 is 0 Å². The molecule has 1 atom stereocenters. The first-order valence-electron chi connectivity index (χ1n) is 6.01. The van der Waals surface area contributed by atoms with Crippen molar-refractivity contribution in [3.63, 3.8) is 0 Å². The average molecular weight is 353 g/mol. The highest BCUT2D eigenvalue weighted by atomic mass is 127. The number of nitrogens with one attached hydrogen (secondary N) is 1. The molecule has 3 nitrogen and oxygen atoms in total. The van der Waals surface area contributed by atoms with Crippen LogP contribution in [0.25, 0.3) is 0 Å². The van der Waals surface area contributed by atoms with E-state index in [-0.39, 0.29) is 6.04 Å². The molecule has 94 valence electrons. The van der Waals surface area contributed by atoms with Crippen molar-refractivity contribution in [3.8, 4) is 0 Å². The summed E-state index contributed by atoms with van der Waals surface area (Å²) in [5.41, 5.74) is 2.63. The van der Waals surface area contributed by atoms with Crippen LogP contribution in [0.1, 0.15) is 31.0 Å². The molecule has 2 aromatic rings. The predicted octanol–water partition coefficient (Wildman–Crippen LogP) is 3.82. The molecule has 0 aliphatic carbocycles. The SMILES string of the molecule is CCc1ccc(C(C)Nc2ncncc2I)cc1. The molecule has 2 rings (SSSR count). The zero-order valence-electron chi connectivity index (χ0n) is 10.5. The van der Waals surface area contributed by atoms with Crippen LogP contribution < -0.4 is 5.32 Å². The van der Waals surface area contributed by atoms with Gasteiger partial charge in [-0.25, -0.2) is 9.97 Å². The first kappa shape index (κ1) is 13.3. The van der Waals surface area contributed by atoms with Crippen LogP contribution in [-0.2, 0) is 6.42 Å². The van der Waals surface area contributed by atoms with E-state index in [1.165, 1.54) is 11.1 Å². The van der Waals surface area contributed by atoms with Gasteiger partial charge in [-0.3, -0.25) is 0 Å². The van der Waals surface area contributed by atoms with Crippen LogP contribution in [0.15, 0.2) is 36.8 Å². The van der Waals surface area contributed by atoms with Gasteiger partial charge in [0.15, 0.2) is 0 Å². The number of aromatic nitrogens is 2. The Labute approximate surface area is 121 Å². The van der Waals surface area contributed by atoms with Crippen molar-refractivity contribution in [2.75, 3.05) is 5.32 Å². The molecule has 1 unspecified atom stereocenters. The molecule has 18 heavy (non-hydrogen) atoms. The van der Waals surface area contributed by atoms with Crippen molar-refractivity contribution in [1.82, 2.24) is 9.97 Å². The molecule has 0 saturated heterocycles.